The molecule has 0 aliphatic heterocycles. The highest BCUT2D eigenvalue weighted by Crippen LogP contribution is 2.39. The Morgan fingerprint density at radius 1 is 0.903 bits per heavy atom. The van der Waals surface area contributed by atoms with Crippen LogP contribution < -0.4 is 4.72 Å². The third-order valence-corrected chi connectivity index (χ3v) is 6.69. The lowest BCUT2D eigenvalue weighted by molar-refractivity contribution is -0.137. The van der Waals surface area contributed by atoms with Gasteiger partial charge in [0, 0.05) is 18.6 Å². The third-order valence-electron chi connectivity index (χ3n) is 4.19. The van der Waals surface area contributed by atoms with E-state index in [1.54, 1.807) is 48.9 Å². The molecule has 4 aromatic rings. The molecule has 3 heterocycles. The molecule has 0 saturated carbocycles. The number of thiazole rings is 1. The smallest absolute Gasteiger partial charge is 0.265 e. The normalized spacial score (nSPS) is 12.0. The molecule has 1 N–H and O–H groups in total. The van der Waals surface area contributed by atoms with Crippen LogP contribution in [0.25, 0.3) is 21.8 Å². The molecule has 0 fully saturated rings. The predicted octanol–water partition coefficient (Wildman–Crippen LogP) is 5.09. The largest absolute Gasteiger partial charge is 0.416 e. The number of benzene rings is 1. The van der Waals surface area contributed by atoms with Gasteiger partial charge in [-0.1, -0.05) is 17.4 Å². The first-order valence-electron chi connectivity index (χ1n) is 8.77. The lowest BCUT2D eigenvalue weighted by atomic mass is 10.1. The maximum atomic E-state index is 12.7. The molecular weight excluding hydrogens is 449 g/mol. The number of alkyl halides is 3. The lowest BCUT2D eigenvalue weighted by Gasteiger charge is -2.08. The Morgan fingerprint density at radius 3 is 2.23 bits per heavy atom. The van der Waals surface area contributed by atoms with Gasteiger partial charge in [0.2, 0.25) is 0 Å². The van der Waals surface area contributed by atoms with Crippen LogP contribution >= 0.6 is 11.3 Å². The van der Waals surface area contributed by atoms with Crippen LogP contribution in [0.2, 0.25) is 0 Å². The molecule has 0 atom stereocenters. The molecule has 0 spiro atoms. The monoisotopic (exact) mass is 462 g/mol. The second-order valence-electron chi connectivity index (χ2n) is 6.28. The Kier molecular flexibility index (Phi) is 5.46. The van der Waals surface area contributed by atoms with E-state index >= 15 is 0 Å². The molecule has 3 aromatic heterocycles. The minimum absolute atomic E-state index is 0.0624. The molecule has 6 nitrogen and oxygen atoms in total. The Balaban J connectivity index is 1.71. The van der Waals surface area contributed by atoms with Crippen molar-refractivity contribution in [1.82, 2.24) is 15.0 Å². The van der Waals surface area contributed by atoms with Crippen molar-refractivity contribution in [3.8, 4) is 21.8 Å². The number of aromatic nitrogens is 3. The number of nitrogens with one attached hydrogen (secondary N) is 1. The fraction of sp³-hybridized carbons (Fsp3) is 0.0500. The van der Waals surface area contributed by atoms with Crippen molar-refractivity contribution in [2.24, 2.45) is 0 Å². The van der Waals surface area contributed by atoms with E-state index in [0.29, 0.717) is 16.3 Å². The first-order valence-corrected chi connectivity index (χ1v) is 11.1. The molecule has 158 valence electrons. The highest BCUT2D eigenvalue weighted by atomic mass is 32.2. The van der Waals surface area contributed by atoms with E-state index in [1.165, 1.54) is 0 Å². The van der Waals surface area contributed by atoms with Crippen LogP contribution in [0.5, 0.6) is 0 Å². The van der Waals surface area contributed by atoms with Crippen LogP contribution in [-0.4, -0.2) is 23.4 Å². The first kappa shape index (κ1) is 20.9. The topological polar surface area (TPSA) is 84.8 Å². The van der Waals surface area contributed by atoms with Gasteiger partial charge in [-0.05, 0) is 54.1 Å². The van der Waals surface area contributed by atoms with Crippen molar-refractivity contribution < 1.29 is 21.6 Å². The average Bonchev–Trinajstić information content (AvgIpc) is 3.17. The van der Waals surface area contributed by atoms with Crippen LogP contribution in [0.15, 0.2) is 78.1 Å². The second-order valence-corrected chi connectivity index (χ2v) is 8.96. The second kappa shape index (κ2) is 8.08. The standard InChI is InChI=1S/C20H13F3N4O2S2/c21-20(22,23)14-4-6-15(7-5-14)31(28,29)27-19-26-17(16-3-1-2-10-25-16)18(30-19)13-8-11-24-12-9-13/h1-12H,(H,26,27). The van der Waals surface area contributed by atoms with E-state index in [-0.39, 0.29) is 10.0 Å². The summed E-state index contributed by atoms with van der Waals surface area (Å²) in [5.74, 6) is 0. The van der Waals surface area contributed by atoms with Crippen LogP contribution in [0.1, 0.15) is 5.56 Å². The molecule has 0 unspecified atom stereocenters. The van der Waals surface area contributed by atoms with Gasteiger partial charge in [0.05, 0.1) is 21.0 Å². The van der Waals surface area contributed by atoms with E-state index in [2.05, 4.69) is 19.7 Å². The van der Waals surface area contributed by atoms with Gasteiger partial charge in [0.1, 0.15) is 5.69 Å². The van der Waals surface area contributed by atoms with Crippen molar-refractivity contribution in [3.05, 3.63) is 78.8 Å². The maximum Gasteiger partial charge on any atom is 0.416 e. The summed E-state index contributed by atoms with van der Waals surface area (Å²) in [6.45, 7) is 0. The van der Waals surface area contributed by atoms with Crippen LogP contribution in [0.3, 0.4) is 0 Å². The molecule has 0 amide bonds. The molecule has 4 rings (SSSR count). The molecule has 0 bridgehead atoms. The van der Waals surface area contributed by atoms with Gasteiger partial charge in [-0.3, -0.25) is 14.7 Å². The lowest BCUT2D eigenvalue weighted by Crippen LogP contribution is -2.13. The van der Waals surface area contributed by atoms with E-state index in [1.807, 2.05) is 0 Å². The van der Waals surface area contributed by atoms with Crippen molar-refractivity contribution in [1.29, 1.82) is 0 Å². The molecule has 0 radical (unpaired) electrons. The van der Waals surface area contributed by atoms with E-state index in [4.69, 9.17) is 0 Å². The van der Waals surface area contributed by atoms with Gasteiger partial charge in [0.25, 0.3) is 10.0 Å². The Morgan fingerprint density at radius 2 is 1.61 bits per heavy atom. The van der Waals surface area contributed by atoms with Crippen LogP contribution in [0, 0.1) is 0 Å². The quantitative estimate of drug-likeness (QED) is 0.447. The van der Waals surface area contributed by atoms with Crippen molar-refractivity contribution >= 4 is 26.5 Å². The molecule has 1 aromatic carbocycles. The summed E-state index contributed by atoms with van der Waals surface area (Å²) >= 11 is 1.09. The third kappa shape index (κ3) is 4.57. The predicted molar refractivity (Wildman–Crippen MR) is 111 cm³/mol. The summed E-state index contributed by atoms with van der Waals surface area (Å²) < 4.78 is 66.0. The summed E-state index contributed by atoms with van der Waals surface area (Å²) in [4.78, 5) is 13.0. The fourth-order valence-corrected chi connectivity index (χ4v) is 4.95. The molecule has 11 heteroatoms. The molecule has 0 saturated heterocycles. The van der Waals surface area contributed by atoms with Crippen LogP contribution in [0.4, 0.5) is 18.3 Å². The Hall–Kier alpha value is -3.31. The average molecular weight is 462 g/mol. The number of anilines is 1. The van der Waals surface area contributed by atoms with Gasteiger partial charge in [-0.2, -0.15) is 13.2 Å². The number of hydrogen-bond acceptors (Lipinski definition) is 6. The zero-order valence-corrected chi connectivity index (χ0v) is 17.2. The van der Waals surface area contributed by atoms with E-state index in [0.717, 1.165) is 41.2 Å². The molecule has 0 aliphatic carbocycles. The fourth-order valence-electron chi connectivity index (χ4n) is 2.74. The number of sulfonamides is 1. The maximum absolute atomic E-state index is 12.7. The summed E-state index contributed by atoms with van der Waals surface area (Å²) in [5, 5.41) is 0.0624. The van der Waals surface area contributed by atoms with Gasteiger partial charge in [-0.15, -0.1) is 0 Å². The minimum Gasteiger partial charge on any atom is -0.265 e. The summed E-state index contributed by atoms with van der Waals surface area (Å²) in [7, 11) is -4.15. The number of hydrogen-bond donors (Lipinski definition) is 1. The molecular formula is C20H13F3N4O2S2. The number of halogens is 3. The van der Waals surface area contributed by atoms with Gasteiger partial charge < -0.3 is 0 Å². The Bertz CT molecular complexity index is 1240. The number of rotatable bonds is 5. The van der Waals surface area contributed by atoms with Crippen molar-refractivity contribution in [2.75, 3.05) is 4.72 Å². The highest BCUT2D eigenvalue weighted by Gasteiger charge is 2.31. The number of nitrogens with zero attached hydrogens (tertiary/aromatic N) is 3. The van der Waals surface area contributed by atoms with E-state index in [9.17, 15) is 21.6 Å². The SMILES string of the molecule is O=S(=O)(Nc1nc(-c2ccccn2)c(-c2ccncc2)s1)c1ccc(C(F)(F)F)cc1. The van der Waals surface area contributed by atoms with Gasteiger partial charge in [-0.25, -0.2) is 13.4 Å². The van der Waals surface area contributed by atoms with Gasteiger partial charge >= 0.3 is 6.18 Å². The minimum atomic E-state index is -4.55. The first-order chi connectivity index (χ1) is 14.7. The van der Waals surface area contributed by atoms with Gasteiger partial charge in [0.15, 0.2) is 5.13 Å². The summed E-state index contributed by atoms with van der Waals surface area (Å²) in [6, 6.07) is 12.0. The van der Waals surface area contributed by atoms with Crippen LogP contribution in [-0.2, 0) is 16.2 Å². The zero-order chi connectivity index (χ0) is 22.1. The highest BCUT2D eigenvalue weighted by molar-refractivity contribution is 7.93. The molecule has 31 heavy (non-hydrogen) atoms. The zero-order valence-electron chi connectivity index (χ0n) is 15.5. The van der Waals surface area contributed by atoms with E-state index < -0.39 is 21.8 Å². The summed E-state index contributed by atoms with van der Waals surface area (Å²) in [6.07, 6.45) is 0.242. The van der Waals surface area contributed by atoms with Crippen molar-refractivity contribution in [3.63, 3.8) is 0 Å². The number of pyridine rings is 2. The molecule has 0 aliphatic rings. The Labute approximate surface area is 179 Å². The van der Waals surface area contributed by atoms with Crippen molar-refractivity contribution in [2.45, 2.75) is 11.1 Å². The summed E-state index contributed by atoms with van der Waals surface area (Å²) in [5.41, 5.74) is 0.860.